The third kappa shape index (κ3) is 3.26. The molecule has 2 heterocycles. The standard InChI is InChI=1S/C14H24N2O3/c1-14(2,3)12-13(18)15-8-11(17)16(12)9-10-6-4-5-7-19-10/h10,12H,4-9H2,1-3H3,(H,15,18). The number of carbonyl (C=O) groups excluding carboxylic acids is 2. The summed E-state index contributed by atoms with van der Waals surface area (Å²) in [5.41, 5.74) is -0.269. The highest BCUT2D eigenvalue weighted by Gasteiger charge is 2.42. The Balaban J connectivity index is 2.12. The number of nitrogens with zero attached hydrogens (tertiary/aromatic N) is 1. The largest absolute Gasteiger partial charge is 0.376 e. The van der Waals surface area contributed by atoms with Gasteiger partial charge in [0.05, 0.1) is 12.6 Å². The number of hydrogen-bond acceptors (Lipinski definition) is 3. The fourth-order valence-corrected chi connectivity index (χ4v) is 2.89. The summed E-state index contributed by atoms with van der Waals surface area (Å²) >= 11 is 0. The van der Waals surface area contributed by atoms with E-state index < -0.39 is 6.04 Å². The second kappa shape index (κ2) is 5.49. The highest BCUT2D eigenvalue weighted by Crippen LogP contribution is 2.28. The molecular weight excluding hydrogens is 244 g/mol. The fourth-order valence-electron chi connectivity index (χ4n) is 2.89. The number of nitrogens with one attached hydrogen (secondary N) is 1. The molecule has 2 saturated heterocycles. The highest BCUT2D eigenvalue weighted by molar-refractivity contribution is 5.95. The molecule has 0 saturated carbocycles. The molecule has 0 aliphatic carbocycles. The zero-order valence-electron chi connectivity index (χ0n) is 12.1. The predicted octanol–water partition coefficient (Wildman–Crippen LogP) is 0.929. The Morgan fingerprint density at radius 2 is 2.05 bits per heavy atom. The Bertz CT molecular complexity index is 356. The average Bonchev–Trinajstić information content (AvgIpc) is 2.33. The van der Waals surface area contributed by atoms with Gasteiger partial charge in [-0.15, -0.1) is 0 Å². The first kappa shape index (κ1) is 14.3. The Kier molecular flexibility index (Phi) is 4.13. The molecule has 2 amide bonds. The number of ether oxygens (including phenoxy) is 1. The van der Waals surface area contributed by atoms with Gasteiger partial charge in [0.1, 0.15) is 6.04 Å². The highest BCUT2D eigenvalue weighted by atomic mass is 16.5. The Morgan fingerprint density at radius 1 is 1.32 bits per heavy atom. The molecule has 0 aromatic rings. The molecule has 2 atom stereocenters. The van der Waals surface area contributed by atoms with Gasteiger partial charge in [0.25, 0.3) is 0 Å². The number of carbonyl (C=O) groups is 2. The molecule has 2 fully saturated rings. The second-order valence-electron chi connectivity index (χ2n) is 6.52. The van der Waals surface area contributed by atoms with Crippen LogP contribution < -0.4 is 5.32 Å². The lowest BCUT2D eigenvalue weighted by molar-refractivity contribution is -0.153. The van der Waals surface area contributed by atoms with E-state index >= 15 is 0 Å². The first-order valence-corrected chi connectivity index (χ1v) is 7.08. The van der Waals surface area contributed by atoms with Crippen molar-refractivity contribution in [1.82, 2.24) is 10.2 Å². The van der Waals surface area contributed by atoms with Crippen LogP contribution in [-0.4, -0.2) is 48.6 Å². The summed E-state index contributed by atoms with van der Waals surface area (Å²) in [5, 5.41) is 2.68. The van der Waals surface area contributed by atoms with Gasteiger partial charge >= 0.3 is 0 Å². The third-order valence-electron chi connectivity index (χ3n) is 3.79. The van der Waals surface area contributed by atoms with Crippen LogP contribution in [0.4, 0.5) is 0 Å². The zero-order valence-corrected chi connectivity index (χ0v) is 12.1. The summed E-state index contributed by atoms with van der Waals surface area (Å²) < 4.78 is 5.70. The van der Waals surface area contributed by atoms with Gasteiger partial charge in [-0.1, -0.05) is 20.8 Å². The van der Waals surface area contributed by atoms with Crippen LogP contribution in [0.25, 0.3) is 0 Å². The van der Waals surface area contributed by atoms with Gasteiger partial charge in [0.2, 0.25) is 11.8 Å². The van der Waals surface area contributed by atoms with Gasteiger partial charge in [0.15, 0.2) is 0 Å². The minimum Gasteiger partial charge on any atom is -0.376 e. The summed E-state index contributed by atoms with van der Waals surface area (Å²) in [4.78, 5) is 25.9. The summed E-state index contributed by atoms with van der Waals surface area (Å²) in [7, 11) is 0. The van der Waals surface area contributed by atoms with Crippen LogP contribution >= 0.6 is 0 Å². The van der Waals surface area contributed by atoms with Crippen molar-refractivity contribution in [3.63, 3.8) is 0 Å². The van der Waals surface area contributed by atoms with Crippen LogP contribution in [0.15, 0.2) is 0 Å². The van der Waals surface area contributed by atoms with E-state index in [0.29, 0.717) is 6.54 Å². The first-order valence-electron chi connectivity index (χ1n) is 7.08. The quantitative estimate of drug-likeness (QED) is 0.810. The van der Waals surface area contributed by atoms with Gasteiger partial charge < -0.3 is 15.0 Å². The normalized spacial score (nSPS) is 29.3. The molecular formula is C14H24N2O3. The number of hydrogen-bond donors (Lipinski definition) is 1. The van der Waals surface area contributed by atoms with E-state index in [1.165, 1.54) is 0 Å². The Morgan fingerprint density at radius 3 is 2.63 bits per heavy atom. The van der Waals surface area contributed by atoms with Gasteiger partial charge in [-0.3, -0.25) is 9.59 Å². The number of rotatable bonds is 2. The molecule has 19 heavy (non-hydrogen) atoms. The second-order valence-corrected chi connectivity index (χ2v) is 6.52. The molecule has 2 unspecified atom stereocenters. The van der Waals surface area contributed by atoms with Crippen LogP contribution in [0.1, 0.15) is 40.0 Å². The van der Waals surface area contributed by atoms with E-state index in [-0.39, 0.29) is 29.9 Å². The van der Waals surface area contributed by atoms with E-state index in [9.17, 15) is 9.59 Å². The van der Waals surface area contributed by atoms with Crippen LogP contribution in [0.3, 0.4) is 0 Å². The predicted molar refractivity (Wildman–Crippen MR) is 71.6 cm³/mol. The van der Waals surface area contributed by atoms with Crippen molar-refractivity contribution in [2.24, 2.45) is 5.41 Å². The molecule has 2 rings (SSSR count). The lowest BCUT2D eigenvalue weighted by Gasteiger charge is -2.43. The minimum atomic E-state index is -0.403. The third-order valence-corrected chi connectivity index (χ3v) is 3.79. The van der Waals surface area contributed by atoms with Crippen LogP contribution in [-0.2, 0) is 14.3 Å². The van der Waals surface area contributed by atoms with Crippen LogP contribution in [0, 0.1) is 5.41 Å². The van der Waals surface area contributed by atoms with Crippen molar-refractivity contribution in [3.05, 3.63) is 0 Å². The van der Waals surface area contributed by atoms with Crippen molar-refractivity contribution in [2.75, 3.05) is 19.7 Å². The monoisotopic (exact) mass is 268 g/mol. The molecule has 0 aromatic carbocycles. The van der Waals surface area contributed by atoms with Gasteiger partial charge in [-0.25, -0.2) is 0 Å². The molecule has 5 nitrogen and oxygen atoms in total. The summed E-state index contributed by atoms with van der Waals surface area (Å²) in [6, 6.07) is -0.403. The van der Waals surface area contributed by atoms with E-state index in [1.807, 2.05) is 20.8 Å². The molecule has 0 bridgehead atoms. The smallest absolute Gasteiger partial charge is 0.243 e. The van der Waals surface area contributed by atoms with E-state index in [4.69, 9.17) is 4.74 Å². The molecule has 2 aliphatic heterocycles. The van der Waals surface area contributed by atoms with E-state index in [2.05, 4.69) is 5.32 Å². The van der Waals surface area contributed by atoms with Gasteiger partial charge in [-0.2, -0.15) is 0 Å². The molecule has 0 spiro atoms. The van der Waals surface area contributed by atoms with E-state index in [0.717, 1.165) is 25.9 Å². The SMILES string of the molecule is CC(C)(C)C1C(=O)NCC(=O)N1CC1CCCCO1. The number of piperazine rings is 1. The zero-order chi connectivity index (χ0) is 14.0. The lowest BCUT2D eigenvalue weighted by Crippen LogP contribution is -2.64. The Labute approximate surface area is 114 Å². The molecule has 0 radical (unpaired) electrons. The minimum absolute atomic E-state index is 0.00583. The van der Waals surface area contributed by atoms with Crippen LogP contribution in [0.5, 0.6) is 0 Å². The maximum Gasteiger partial charge on any atom is 0.243 e. The topological polar surface area (TPSA) is 58.6 Å². The maximum absolute atomic E-state index is 12.1. The molecule has 108 valence electrons. The summed E-state index contributed by atoms with van der Waals surface area (Å²) in [5.74, 6) is -0.0587. The number of amides is 2. The van der Waals surface area contributed by atoms with Gasteiger partial charge in [0, 0.05) is 13.2 Å². The van der Waals surface area contributed by atoms with Crippen molar-refractivity contribution in [1.29, 1.82) is 0 Å². The van der Waals surface area contributed by atoms with E-state index in [1.54, 1.807) is 4.90 Å². The average molecular weight is 268 g/mol. The van der Waals surface area contributed by atoms with Gasteiger partial charge in [-0.05, 0) is 24.7 Å². The fraction of sp³-hybridized carbons (Fsp3) is 0.857. The Hall–Kier alpha value is -1.10. The lowest BCUT2D eigenvalue weighted by atomic mass is 9.83. The summed E-state index contributed by atoms with van der Waals surface area (Å²) in [6.45, 7) is 7.38. The maximum atomic E-state index is 12.1. The first-order chi connectivity index (χ1) is 8.89. The van der Waals surface area contributed by atoms with Crippen molar-refractivity contribution in [3.8, 4) is 0 Å². The van der Waals surface area contributed by atoms with Crippen molar-refractivity contribution >= 4 is 11.8 Å². The molecule has 5 heteroatoms. The molecule has 1 N–H and O–H groups in total. The van der Waals surface area contributed by atoms with Crippen molar-refractivity contribution in [2.45, 2.75) is 52.2 Å². The van der Waals surface area contributed by atoms with Crippen molar-refractivity contribution < 1.29 is 14.3 Å². The van der Waals surface area contributed by atoms with Crippen LogP contribution in [0.2, 0.25) is 0 Å². The summed E-state index contributed by atoms with van der Waals surface area (Å²) in [6.07, 6.45) is 3.28. The molecule has 0 aromatic heterocycles. The molecule has 2 aliphatic rings.